The van der Waals surface area contributed by atoms with E-state index in [-0.39, 0.29) is 0 Å². The van der Waals surface area contributed by atoms with E-state index in [0.29, 0.717) is 0 Å². The van der Waals surface area contributed by atoms with Crippen molar-refractivity contribution in [2.75, 3.05) is 26.7 Å². The molecule has 0 radical (unpaired) electrons. The van der Waals surface area contributed by atoms with Gasteiger partial charge in [-0.05, 0) is 20.0 Å². The maximum atomic E-state index is 3.28. The molecular weight excluding hydrogens is 124 g/mol. The molecule has 10 heavy (non-hydrogen) atoms. The van der Waals surface area contributed by atoms with E-state index in [9.17, 15) is 0 Å². The minimum atomic E-state index is 0.966. The molecule has 0 aliphatic heterocycles. The molecule has 60 valence electrons. The van der Waals surface area contributed by atoms with Gasteiger partial charge in [0, 0.05) is 13.1 Å². The minimum Gasteiger partial charge on any atom is -0.316 e. The van der Waals surface area contributed by atoms with Crippen LogP contribution in [0.4, 0.5) is 0 Å². The van der Waals surface area contributed by atoms with Gasteiger partial charge in [0.15, 0.2) is 0 Å². The van der Waals surface area contributed by atoms with Crippen LogP contribution in [0.5, 0.6) is 0 Å². The molecule has 0 bridgehead atoms. The molecule has 0 heterocycles. The predicted octanol–water partition coefficient (Wildman–Crippen LogP) is 0.762. The van der Waals surface area contributed by atoms with Gasteiger partial charge in [-0.1, -0.05) is 19.1 Å². The quantitative estimate of drug-likeness (QED) is 0.422. The highest BCUT2D eigenvalue weighted by Gasteiger charge is 1.76. The Morgan fingerprint density at radius 1 is 1.20 bits per heavy atom. The number of rotatable bonds is 6. The average Bonchev–Trinajstić information content (AvgIpc) is 1.97. The third kappa shape index (κ3) is 7.66. The zero-order valence-electron chi connectivity index (χ0n) is 6.98. The van der Waals surface area contributed by atoms with Crippen LogP contribution >= 0.6 is 0 Å². The molecule has 0 spiro atoms. The molecule has 0 aromatic heterocycles. The first-order valence-corrected chi connectivity index (χ1v) is 3.92. The van der Waals surface area contributed by atoms with Crippen LogP contribution in [-0.4, -0.2) is 26.7 Å². The average molecular weight is 142 g/mol. The summed E-state index contributed by atoms with van der Waals surface area (Å²) >= 11 is 0. The molecule has 0 unspecified atom stereocenters. The fraction of sp³-hybridized carbons (Fsp3) is 0.750. The van der Waals surface area contributed by atoms with Crippen LogP contribution in [0.25, 0.3) is 0 Å². The third-order valence-electron chi connectivity index (χ3n) is 1.18. The van der Waals surface area contributed by atoms with Crippen molar-refractivity contribution in [2.24, 2.45) is 0 Å². The normalized spacial score (nSPS) is 11.0. The Morgan fingerprint density at radius 2 is 1.90 bits per heavy atom. The van der Waals surface area contributed by atoms with Gasteiger partial charge in [-0.2, -0.15) is 0 Å². The second-order valence-corrected chi connectivity index (χ2v) is 2.23. The maximum Gasteiger partial charge on any atom is 0.0135 e. The van der Waals surface area contributed by atoms with E-state index in [2.05, 4.69) is 29.7 Å². The van der Waals surface area contributed by atoms with Crippen LogP contribution in [0.1, 0.15) is 13.3 Å². The summed E-state index contributed by atoms with van der Waals surface area (Å²) in [5, 5.41) is 6.32. The summed E-state index contributed by atoms with van der Waals surface area (Å²) in [6.45, 7) is 5.25. The van der Waals surface area contributed by atoms with Crippen molar-refractivity contribution in [1.29, 1.82) is 0 Å². The van der Waals surface area contributed by atoms with Gasteiger partial charge in [-0.25, -0.2) is 0 Å². The van der Waals surface area contributed by atoms with E-state index in [1.54, 1.807) is 0 Å². The number of nitrogens with one attached hydrogen (secondary N) is 2. The van der Waals surface area contributed by atoms with Crippen molar-refractivity contribution in [1.82, 2.24) is 10.6 Å². The minimum absolute atomic E-state index is 0.966. The highest BCUT2D eigenvalue weighted by atomic mass is 14.8. The van der Waals surface area contributed by atoms with Crippen LogP contribution in [0, 0.1) is 0 Å². The molecule has 2 N–H and O–H groups in total. The lowest BCUT2D eigenvalue weighted by atomic mass is 10.4. The summed E-state index contributed by atoms with van der Waals surface area (Å²) in [5.41, 5.74) is 0. The first-order valence-electron chi connectivity index (χ1n) is 3.92. The van der Waals surface area contributed by atoms with Crippen molar-refractivity contribution in [3.8, 4) is 0 Å². The van der Waals surface area contributed by atoms with E-state index >= 15 is 0 Å². The second-order valence-electron chi connectivity index (χ2n) is 2.23. The topological polar surface area (TPSA) is 24.1 Å². The summed E-state index contributed by atoms with van der Waals surface area (Å²) in [6, 6.07) is 0. The molecule has 2 nitrogen and oxygen atoms in total. The Bertz CT molecular complexity index is 79.3. The SMILES string of the molecule is CCCNCC=CCNC. The molecule has 0 rings (SSSR count). The summed E-state index contributed by atoms with van der Waals surface area (Å²) in [7, 11) is 1.95. The van der Waals surface area contributed by atoms with Gasteiger partial charge in [-0.15, -0.1) is 0 Å². The lowest BCUT2D eigenvalue weighted by Gasteiger charge is -1.95. The molecule has 0 atom stereocenters. The Morgan fingerprint density at radius 3 is 2.50 bits per heavy atom. The monoisotopic (exact) mass is 142 g/mol. The van der Waals surface area contributed by atoms with Crippen LogP contribution < -0.4 is 10.6 Å². The molecule has 0 saturated carbocycles. The molecule has 0 aromatic carbocycles. The zero-order chi connectivity index (χ0) is 7.66. The number of hydrogen-bond acceptors (Lipinski definition) is 2. The van der Waals surface area contributed by atoms with E-state index in [1.807, 2.05) is 7.05 Å². The standard InChI is InChI=1S/C8H18N2/c1-3-6-10-8-5-4-7-9-2/h4-5,9-10H,3,6-8H2,1-2H3. The lowest BCUT2D eigenvalue weighted by Crippen LogP contribution is -2.14. The van der Waals surface area contributed by atoms with Crippen molar-refractivity contribution in [3.63, 3.8) is 0 Å². The number of hydrogen-bond donors (Lipinski definition) is 2. The van der Waals surface area contributed by atoms with Gasteiger partial charge in [0.2, 0.25) is 0 Å². The first-order chi connectivity index (χ1) is 4.91. The molecule has 0 aromatic rings. The predicted molar refractivity (Wildman–Crippen MR) is 46.2 cm³/mol. The third-order valence-corrected chi connectivity index (χ3v) is 1.18. The molecule has 0 saturated heterocycles. The molecule has 0 amide bonds. The smallest absolute Gasteiger partial charge is 0.0135 e. The Balaban J connectivity index is 2.88. The largest absolute Gasteiger partial charge is 0.316 e. The van der Waals surface area contributed by atoms with Crippen molar-refractivity contribution in [2.45, 2.75) is 13.3 Å². The highest BCUT2D eigenvalue weighted by Crippen LogP contribution is 1.71. The molecule has 0 aliphatic rings. The first kappa shape index (κ1) is 9.66. The van der Waals surface area contributed by atoms with Gasteiger partial charge in [0.1, 0.15) is 0 Å². The summed E-state index contributed by atoms with van der Waals surface area (Å²) in [5.74, 6) is 0. The van der Waals surface area contributed by atoms with E-state index in [1.165, 1.54) is 6.42 Å². The zero-order valence-corrected chi connectivity index (χ0v) is 6.98. The van der Waals surface area contributed by atoms with Gasteiger partial charge in [0.25, 0.3) is 0 Å². The van der Waals surface area contributed by atoms with Crippen molar-refractivity contribution < 1.29 is 0 Å². The van der Waals surface area contributed by atoms with E-state index in [4.69, 9.17) is 0 Å². The Labute approximate surface area is 63.7 Å². The highest BCUT2D eigenvalue weighted by molar-refractivity contribution is 4.84. The van der Waals surface area contributed by atoms with Gasteiger partial charge < -0.3 is 10.6 Å². The lowest BCUT2D eigenvalue weighted by molar-refractivity contribution is 0.727. The van der Waals surface area contributed by atoms with E-state index in [0.717, 1.165) is 19.6 Å². The summed E-state index contributed by atoms with van der Waals surface area (Å²) < 4.78 is 0. The number of likely N-dealkylation sites (N-methyl/N-ethyl adjacent to an activating group) is 1. The summed E-state index contributed by atoms with van der Waals surface area (Å²) in [6.07, 6.45) is 5.48. The van der Waals surface area contributed by atoms with Gasteiger partial charge >= 0.3 is 0 Å². The fourth-order valence-corrected chi connectivity index (χ4v) is 0.647. The molecule has 0 fully saturated rings. The van der Waals surface area contributed by atoms with Crippen molar-refractivity contribution >= 4 is 0 Å². The van der Waals surface area contributed by atoms with Crippen molar-refractivity contribution in [3.05, 3.63) is 12.2 Å². The van der Waals surface area contributed by atoms with Crippen LogP contribution in [0.15, 0.2) is 12.2 Å². The van der Waals surface area contributed by atoms with Crippen LogP contribution in [-0.2, 0) is 0 Å². The van der Waals surface area contributed by atoms with Crippen LogP contribution in [0.3, 0.4) is 0 Å². The Hall–Kier alpha value is -0.340. The van der Waals surface area contributed by atoms with Gasteiger partial charge in [-0.3, -0.25) is 0 Å². The second kappa shape index (κ2) is 8.66. The maximum absolute atomic E-state index is 3.28. The Kier molecular flexibility index (Phi) is 8.37. The van der Waals surface area contributed by atoms with Gasteiger partial charge in [0.05, 0.1) is 0 Å². The summed E-state index contributed by atoms with van der Waals surface area (Å²) in [4.78, 5) is 0. The van der Waals surface area contributed by atoms with E-state index < -0.39 is 0 Å². The molecule has 2 heteroatoms. The van der Waals surface area contributed by atoms with Crippen LogP contribution in [0.2, 0.25) is 0 Å². The molecule has 0 aliphatic carbocycles. The fourth-order valence-electron chi connectivity index (χ4n) is 0.647. The molecular formula is C8H18N2.